The maximum atomic E-state index is 15.2. The minimum atomic E-state index is -0.138. The summed E-state index contributed by atoms with van der Waals surface area (Å²) in [5.74, 6) is 1.85. The lowest BCUT2D eigenvalue weighted by Crippen LogP contribution is -2.38. The van der Waals surface area contributed by atoms with Gasteiger partial charge in [-0.1, -0.05) is 50.8 Å². The highest BCUT2D eigenvalue weighted by Crippen LogP contribution is 2.42. The summed E-state index contributed by atoms with van der Waals surface area (Å²) in [5.41, 5.74) is 7.53. The molecule has 2 fully saturated rings. The summed E-state index contributed by atoms with van der Waals surface area (Å²) >= 11 is 0. The fraction of sp³-hybridized carbons (Fsp3) is 0.500. The average molecular weight is 676 g/mol. The van der Waals surface area contributed by atoms with Crippen molar-refractivity contribution in [3.05, 3.63) is 101 Å². The SMILES string of the molecule is C=CC(Cc1nc(CCC23CCCN2CCC3)nc(N2CCCn3nc(C(=C)N(C)C)cc3C2)c1CC)c1cccc2ccc(F)c(CC)c12. The van der Waals surface area contributed by atoms with Gasteiger partial charge in [-0.25, -0.2) is 14.4 Å². The van der Waals surface area contributed by atoms with Crippen molar-refractivity contribution in [2.24, 2.45) is 0 Å². The van der Waals surface area contributed by atoms with Gasteiger partial charge >= 0.3 is 0 Å². The van der Waals surface area contributed by atoms with E-state index in [0.29, 0.717) is 18.4 Å². The van der Waals surface area contributed by atoms with E-state index in [1.54, 1.807) is 6.07 Å². The Morgan fingerprint density at radius 2 is 1.78 bits per heavy atom. The molecule has 7 nitrogen and oxygen atoms in total. The van der Waals surface area contributed by atoms with Gasteiger partial charge in [-0.05, 0) is 98.5 Å². The molecular formula is C42H54FN7. The van der Waals surface area contributed by atoms with Crippen molar-refractivity contribution >= 4 is 22.3 Å². The summed E-state index contributed by atoms with van der Waals surface area (Å²) < 4.78 is 17.3. The van der Waals surface area contributed by atoms with Gasteiger partial charge < -0.3 is 9.80 Å². The van der Waals surface area contributed by atoms with E-state index < -0.39 is 0 Å². The Balaban J connectivity index is 1.29. The number of hydrogen-bond donors (Lipinski definition) is 0. The quantitative estimate of drug-likeness (QED) is 0.142. The summed E-state index contributed by atoms with van der Waals surface area (Å²) in [6.45, 7) is 17.8. The van der Waals surface area contributed by atoms with Crippen LogP contribution in [0.3, 0.4) is 0 Å². The van der Waals surface area contributed by atoms with Crippen LogP contribution < -0.4 is 4.90 Å². The second kappa shape index (κ2) is 14.3. The van der Waals surface area contributed by atoms with Gasteiger partial charge in [-0.15, -0.1) is 6.58 Å². The van der Waals surface area contributed by atoms with Crippen molar-refractivity contribution in [3.8, 4) is 0 Å². The number of anilines is 1. The third-order valence-electron chi connectivity index (χ3n) is 11.8. The lowest BCUT2D eigenvalue weighted by molar-refractivity contribution is 0.181. The van der Waals surface area contributed by atoms with Crippen LogP contribution in [0, 0.1) is 5.82 Å². The Labute approximate surface area is 297 Å². The van der Waals surface area contributed by atoms with E-state index in [4.69, 9.17) is 15.1 Å². The fourth-order valence-corrected chi connectivity index (χ4v) is 9.10. The van der Waals surface area contributed by atoms with Crippen LogP contribution in [-0.2, 0) is 38.8 Å². The van der Waals surface area contributed by atoms with Crippen LogP contribution in [0.1, 0.15) is 97.9 Å². The van der Waals surface area contributed by atoms with Crippen LogP contribution in [0.2, 0.25) is 0 Å². The fourth-order valence-electron chi connectivity index (χ4n) is 9.10. The maximum Gasteiger partial charge on any atom is 0.136 e. The number of allylic oxidation sites excluding steroid dienone is 1. The molecule has 2 saturated heterocycles. The van der Waals surface area contributed by atoms with Gasteiger partial charge in [0.15, 0.2) is 0 Å². The van der Waals surface area contributed by atoms with Gasteiger partial charge in [0, 0.05) is 57.0 Å². The Bertz CT molecular complexity index is 1880. The largest absolute Gasteiger partial charge is 0.376 e. The molecule has 0 radical (unpaired) electrons. The summed E-state index contributed by atoms with van der Waals surface area (Å²) in [5, 5.41) is 7.03. The molecule has 5 heterocycles. The van der Waals surface area contributed by atoms with Crippen LogP contribution in [0.15, 0.2) is 55.6 Å². The normalized spacial score (nSPS) is 17.8. The van der Waals surface area contributed by atoms with Crippen molar-refractivity contribution in [2.45, 2.75) is 103 Å². The molecule has 2 aromatic heterocycles. The predicted molar refractivity (Wildman–Crippen MR) is 203 cm³/mol. The van der Waals surface area contributed by atoms with Crippen molar-refractivity contribution in [1.82, 2.24) is 29.5 Å². The first-order valence-corrected chi connectivity index (χ1v) is 18.9. The number of halogens is 1. The van der Waals surface area contributed by atoms with E-state index in [2.05, 4.69) is 58.8 Å². The van der Waals surface area contributed by atoms with E-state index in [-0.39, 0.29) is 11.7 Å². The smallest absolute Gasteiger partial charge is 0.136 e. The summed E-state index contributed by atoms with van der Waals surface area (Å²) in [6, 6.07) is 12.1. The number of benzene rings is 2. The molecule has 7 rings (SSSR count). The lowest BCUT2D eigenvalue weighted by atomic mass is 9.86. The highest BCUT2D eigenvalue weighted by atomic mass is 19.1. The van der Waals surface area contributed by atoms with Crippen LogP contribution in [0.25, 0.3) is 16.5 Å². The van der Waals surface area contributed by atoms with Gasteiger partial charge in [0.2, 0.25) is 0 Å². The number of aromatic nitrogens is 4. The summed E-state index contributed by atoms with van der Waals surface area (Å²) in [4.78, 5) is 18.1. The Morgan fingerprint density at radius 1 is 1.00 bits per heavy atom. The molecule has 1 atom stereocenters. The third kappa shape index (κ3) is 6.36. The molecule has 264 valence electrons. The van der Waals surface area contributed by atoms with Crippen molar-refractivity contribution in [1.29, 1.82) is 0 Å². The molecule has 1 unspecified atom stereocenters. The molecule has 0 aliphatic carbocycles. The minimum absolute atomic E-state index is 0.0179. The Morgan fingerprint density at radius 3 is 2.50 bits per heavy atom. The minimum Gasteiger partial charge on any atom is -0.376 e. The van der Waals surface area contributed by atoms with Crippen molar-refractivity contribution in [2.75, 3.05) is 38.6 Å². The van der Waals surface area contributed by atoms with Crippen molar-refractivity contribution in [3.63, 3.8) is 0 Å². The predicted octanol–water partition coefficient (Wildman–Crippen LogP) is 8.11. The van der Waals surface area contributed by atoms with Crippen LogP contribution in [-0.4, -0.2) is 68.8 Å². The number of nitrogens with zero attached hydrogens (tertiary/aromatic N) is 7. The molecule has 3 aliphatic heterocycles. The maximum absolute atomic E-state index is 15.2. The standard InChI is InChI=1S/C42H54FN7/c1-7-30(35-15-10-14-31-16-17-36(43)33(8-2)40(31)35)26-38-34(9-3)41(45-39(44-38)18-21-42-19-11-23-49(42)24-12-20-42)48-22-13-25-50-32(28-48)27-37(46-50)29(4)47(5)6/h7,10,14-17,27,30H,1,4,8-9,11-13,18-26,28H2,2-3,5-6H3. The summed E-state index contributed by atoms with van der Waals surface area (Å²) in [6.07, 6.45) is 12.3. The zero-order chi connectivity index (χ0) is 35.0. The molecule has 0 bridgehead atoms. The number of rotatable bonds is 12. The van der Waals surface area contributed by atoms with E-state index in [1.807, 2.05) is 38.1 Å². The number of aryl methyl sites for hydroxylation is 3. The second-order valence-corrected chi connectivity index (χ2v) is 14.9. The summed E-state index contributed by atoms with van der Waals surface area (Å²) in [7, 11) is 4.03. The van der Waals surface area contributed by atoms with E-state index >= 15 is 4.39 Å². The molecule has 8 heteroatoms. The van der Waals surface area contributed by atoms with Gasteiger partial charge in [-0.3, -0.25) is 9.58 Å². The Kier molecular flexibility index (Phi) is 9.84. The molecular weight excluding hydrogens is 622 g/mol. The lowest BCUT2D eigenvalue weighted by Gasteiger charge is -2.32. The first-order valence-electron chi connectivity index (χ1n) is 18.9. The van der Waals surface area contributed by atoms with Gasteiger partial charge in [0.1, 0.15) is 23.2 Å². The monoisotopic (exact) mass is 675 g/mol. The topological polar surface area (TPSA) is 53.3 Å². The molecule has 0 saturated carbocycles. The molecule has 0 spiro atoms. The first-order chi connectivity index (χ1) is 24.2. The molecule has 4 aromatic rings. The van der Waals surface area contributed by atoms with Gasteiger partial charge in [0.25, 0.3) is 0 Å². The Hall–Kier alpha value is -4.04. The average Bonchev–Trinajstić information content (AvgIpc) is 3.79. The zero-order valence-corrected chi connectivity index (χ0v) is 30.6. The molecule has 50 heavy (non-hydrogen) atoms. The third-order valence-corrected chi connectivity index (χ3v) is 11.8. The van der Waals surface area contributed by atoms with E-state index in [1.165, 1.54) is 50.0 Å². The van der Waals surface area contributed by atoms with Gasteiger partial charge in [0.05, 0.1) is 23.6 Å². The number of hydrogen-bond acceptors (Lipinski definition) is 6. The zero-order valence-electron chi connectivity index (χ0n) is 30.6. The van der Waals surface area contributed by atoms with Crippen molar-refractivity contribution < 1.29 is 4.39 Å². The van der Waals surface area contributed by atoms with Gasteiger partial charge in [-0.2, -0.15) is 5.10 Å². The molecule has 2 aromatic carbocycles. The van der Waals surface area contributed by atoms with E-state index in [0.717, 1.165) is 95.9 Å². The molecule has 0 amide bonds. The highest BCUT2D eigenvalue weighted by molar-refractivity contribution is 5.90. The van der Waals surface area contributed by atoms with Crippen LogP contribution in [0.4, 0.5) is 10.2 Å². The number of fused-ring (bicyclic) bond motifs is 3. The van der Waals surface area contributed by atoms with Crippen LogP contribution >= 0.6 is 0 Å². The molecule has 0 N–H and O–H groups in total. The van der Waals surface area contributed by atoms with Crippen LogP contribution in [0.5, 0.6) is 0 Å². The molecule has 3 aliphatic rings. The first kappa shape index (κ1) is 34.4. The van der Waals surface area contributed by atoms with E-state index in [9.17, 15) is 0 Å². The highest BCUT2D eigenvalue weighted by Gasteiger charge is 2.43. The second-order valence-electron chi connectivity index (χ2n) is 14.9.